The molecule has 6 heteroatoms. The zero-order chi connectivity index (χ0) is 23.7. The van der Waals surface area contributed by atoms with Crippen LogP contribution in [0.15, 0.2) is 42.5 Å². The number of amides is 2. The zero-order valence-electron chi connectivity index (χ0n) is 20.1. The van der Waals surface area contributed by atoms with Gasteiger partial charge in [-0.15, -0.1) is 0 Å². The first-order valence-electron chi connectivity index (χ1n) is 11.2. The van der Waals surface area contributed by atoms with E-state index in [1.165, 1.54) is 0 Å². The molecule has 174 valence electrons. The van der Waals surface area contributed by atoms with Gasteiger partial charge in [-0.2, -0.15) is 0 Å². The van der Waals surface area contributed by atoms with Gasteiger partial charge in [0, 0.05) is 19.0 Å². The lowest BCUT2D eigenvalue weighted by atomic mass is 10.0. The van der Waals surface area contributed by atoms with Crippen LogP contribution in [-0.4, -0.2) is 43.0 Å². The molecule has 0 heterocycles. The van der Waals surface area contributed by atoms with Gasteiger partial charge in [0.2, 0.25) is 11.8 Å². The van der Waals surface area contributed by atoms with E-state index in [0.29, 0.717) is 30.9 Å². The summed E-state index contributed by atoms with van der Waals surface area (Å²) in [6.07, 6.45) is 1.68. The van der Waals surface area contributed by atoms with Crippen LogP contribution in [0.2, 0.25) is 0 Å². The lowest BCUT2D eigenvalue weighted by Gasteiger charge is -2.30. The van der Waals surface area contributed by atoms with Crippen molar-refractivity contribution in [1.29, 1.82) is 0 Å². The van der Waals surface area contributed by atoms with Crippen LogP contribution in [0, 0.1) is 6.92 Å². The van der Waals surface area contributed by atoms with Crippen molar-refractivity contribution >= 4 is 11.8 Å². The lowest BCUT2D eigenvalue weighted by molar-refractivity contribution is -0.140. The van der Waals surface area contributed by atoms with Crippen LogP contribution >= 0.6 is 0 Å². The van der Waals surface area contributed by atoms with Crippen molar-refractivity contribution in [1.82, 2.24) is 10.2 Å². The second kappa shape index (κ2) is 12.1. The molecule has 2 aromatic carbocycles. The number of rotatable bonds is 11. The quantitative estimate of drug-likeness (QED) is 0.566. The molecule has 6 nitrogen and oxygen atoms in total. The van der Waals surface area contributed by atoms with E-state index in [-0.39, 0.29) is 17.9 Å². The highest BCUT2D eigenvalue weighted by atomic mass is 16.5. The first-order valence-corrected chi connectivity index (χ1v) is 11.2. The summed E-state index contributed by atoms with van der Waals surface area (Å²) in [7, 11) is 3.19. The normalized spacial score (nSPS) is 12.6. The second-order valence-electron chi connectivity index (χ2n) is 8.13. The fourth-order valence-electron chi connectivity index (χ4n) is 3.45. The van der Waals surface area contributed by atoms with Gasteiger partial charge >= 0.3 is 0 Å². The molecule has 2 unspecified atom stereocenters. The number of methoxy groups -OCH3 is 2. The third-order valence-electron chi connectivity index (χ3n) is 5.85. The lowest BCUT2D eigenvalue weighted by Crippen LogP contribution is -2.49. The van der Waals surface area contributed by atoms with Gasteiger partial charge in [0.15, 0.2) is 11.5 Å². The van der Waals surface area contributed by atoms with Crippen LogP contribution in [-0.2, 0) is 22.6 Å². The van der Waals surface area contributed by atoms with E-state index in [0.717, 1.165) is 23.1 Å². The van der Waals surface area contributed by atoms with Gasteiger partial charge in [-0.05, 0) is 62.4 Å². The average molecular weight is 441 g/mol. The van der Waals surface area contributed by atoms with E-state index in [1.807, 2.05) is 63.2 Å². The van der Waals surface area contributed by atoms with Gasteiger partial charge < -0.3 is 19.7 Å². The number of hydrogen-bond donors (Lipinski definition) is 1. The van der Waals surface area contributed by atoms with Gasteiger partial charge in [0.1, 0.15) is 6.04 Å². The van der Waals surface area contributed by atoms with Crippen molar-refractivity contribution in [2.45, 2.75) is 65.6 Å². The topological polar surface area (TPSA) is 67.9 Å². The molecule has 0 bridgehead atoms. The van der Waals surface area contributed by atoms with Gasteiger partial charge in [0.05, 0.1) is 14.2 Å². The predicted molar refractivity (Wildman–Crippen MR) is 127 cm³/mol. The number of carbonyl (C=O) groups is 2. The minimum absolute atomic E-state index is 0.0603. The minimum atomic E-state index is -0.568. The summed E-state index contributed by atoms with van der Waals surface area (Å²) in [5.41, 5.74) is 3.11. The van der Waals surface area contributed by atoms with E-state index >= 15 is 0 Å². The van der Waals surface area contributed by atoms with Gasteiger partial charge in [0.25, 0.3) is 0 Å². The van der Waals surface area contributed by atoms with E-state index in [4.69, 9.17) is 9.47 Å². The fourth-order valence-corrected chi connectivity index (χ4v) is 3.45. The highest BCUT2D eigenvalue weighted by molar-refractivity contribution is 5.87. The van der Waals surface area contributed by atoms with Gasteiger partial charge in [-0.3, -0.25) is 9.59 Å². The molecule has 0 spiro atoms. The SMILES string of the molecule is CCC(C)NC(=O)C(C)N(Cc1ccccc1C)C(=O)CCc1ccc(OC)c(OC)c1. The monoisotopic (exact) mass is 440 g/mol. The van der Waals surface area contributed by atoms with Crippen molar-refractivity contribution in [2.24, 2.45) is 0 Å². The maximum Gasteiger partial charge on any atom is 0.242 e. The summed E-state index contributed by atoms with van der Waals surface area (Å²) in [6, 6.07) is 13.1. The molecule has 0 saturated carbocycles. The molecule has 2 amide bonds. The standard InChI is InChI=1S/C26H36N2O4/c1-7-19(3)27-26(30)20(4)28(17-22-11-9-8-10-18(22)2)25(29)15-13-21-12-14-23(31-5)24(16-21)32-6/h8-12,14,16,19-20H,7,13,15,17H2,1-6H3,(H,27,30). The largest absolute Gasteiger partial charge is 0.493 e. The first-order chi connectivity index (χ1) is 15.3. The van der Waals surface area contributed by atoms with Crippen LogP contribution < -0.4 is 14.8 Å². The first kappa shape index (κ1) is 25.2. The molecule has 0 fully saturated rings. The number of carbonyl (C=O) groups excluding carboxylic acids is 2. The Morgan fingerprint density at radius 2 is 1.72 bits per heavy atom. The molecule has 1 N–H and O–H groups in total. The second-order valence-corrected chi connectivity index (χ2v) is 8.13. The van der Waals surface area contributed by atoms with Crippen LogP contribution in [0.5, 0.6) is 11.5 Å². The summed E-state index contributed by atoms with van der Waals surface area (Å²) >= 11 is 0. The molecule has 2 atom stereocenters. The van der Waals surface area contributed by atoms with E-state index in [1.54, 1.807) is 26.0 Å². The molecular formula is C26H36N2O4. The number of nitrogens with one attached hydrogen (secondary N) is 1. The van der Waals surface area contributed by atoms with Gasteiger partial charge in [-0.1, -0.05) is 37.3 Å². The Kier molecular flexibility index (Phi) is 9.57. The summed E-state index contributed by atoms with van der Waals surface area (Å²) in [5, 5.41) is 3.00. The number of nitrogens with zero attached hydrogens (tertiary/aromatic N) is 1. The Balaban J connectivity index is 2.19. The predicted octanol–water partition coefficient (Wildman–Crippen LogP) is 4.28. The van der Waals surface area contributed by atoms with E-state index < -0.39 is 6.04 Å². The average Bonchev–Trinajstić information content (AvgIpc) is 2.81. The Morgan fingerprint density at radius 3 is 2.34 bits per heavy atom. The summed E-state index contributed by atoms with van der Waals surface area (Å²) in [4.78, 5) is 27.8. The Hall–Kier alpha value is -3.02. The molecule has 0 aromatic heterocycles. The highest BCUT2D eigenvalue weighted by Crippen LogP contribution is 2.28. The van der Waals surface area contributed by atoms with Crippen LogP contribution in [0.3, 0.4) is 0 Å². The van der Waals surface area contributed by atoms with Crippen molar-refractivity contribution in [2.75, 3.05) is 14.2 Å². The van der Waals surface area contributed by atoms with Crippen LogP contribution in [0.4, 0.5) is 0 Å². The smallest absolute Gasteiger partial charge is 0.242 e. The van der Waals surface area contributed by atoms with Crippen LogP contribution in [0.1, 0.15) is 50.3 Å². The van der Waals surface area contributed by atoms with Crippen LogP contribution in [0.25, 0.3) is 0 Å². The molecule has 2 rings (SSSR count). The minimum Gasteiger partial charge on any atom is -0.493 e. The molecule has 32 heavy (non-hydrogen) atoms. The van der Waals surface area contributed by atoms with E-state index in [2.05, 4.69) is 5.32 Å². The van der Waals surface area contributed by atoms with Crippen molar-refractivity contribution in [3.8, 4) is 11.5 Å². The van der Waals surface area contributed by atoms with E-state index in [9.17, 15) is 9.59 Å². The Morgan fingerprint density at radius 1 is 1.03 bits per heavy atom. The highest BCUT2D eigenvalue weighted by Gasteiger charge is 2.27. The third-order valence-corrected chi connectivity index (χ3v) is 5.85. The molecule has 0 radical (unpaired) electrons. The molecule has 0 aliphatic heterocycles. The number of hydrogen-bond acceptors (Lipinski definition) is 4. The maximum atomic E-state index is 13.3. The number of ether oxygens (including phenoxy) is 2. The molecule has 2 aromatic rings. The number of aryl methyl sites for hydroxylation is 2. The Labute approximate surface area is 191 Å². The summed E-state index contributed by atoms with van der Waals surface area (Å²) in [6.45, 7) is 8.20. The third kappa shape index (κ3) is 6.74. The number of benzene rings is 2. The fraction of sp³-hybridized carbons (Fsp3) is 0.462. The summed E-state index contributed by atoms with van der Waals surface area (Å²) in [5.74, 6) is 1.09. The molecule has 0 saturated heterocycles. The molecule has 0 aliphatic rings. The molecule has 0 aliphatic carbocycles. The molecular weight excluding hydrogens is 404 g/mol. The summed E-state index contributed by atoms with van der Waals surface area (Å²) < 4.78 is 10.7. The van der Waals surface area contributed by atoms with Crippen molar-refractivity contribution in [3.05, 3.63) is 59.2 Å². The maximum absolute atomic E-state index is 13.3. The van der Waals surface area contributed by atoms with Crippen molar-refractivity contribution < 1.29 is 19.1 Å². The Bertz CT molecular complexity index is 912. The van der Waals surface area contributed by atoms with Gasteiger partial charge in [-0.25, -0.2) is 0 Å². The zero-order valence-corrected chi connectivity index (χ0v) is 20.1. The van der Waals surface area contributed by atoms with Crippen molar-refractivity contribution in [3.63, 3.8) is 0 Å².